The molecule has 0 radical (unpaired) electrons. The first-order chi connectivity index (χ1) is 11.4. The molecule has 0 aliphatic rings. The summed E-state index contributed by atoms with van der Waals surface area (Å²) in [6.07, 6.45) is 1.44. The van der Waals surface area contributed by atoms with Crippen molar-refractivity contribution in [2.75, 3.05) is 25.2 Å². The van der Waals surface area contributed by atoms with E-state index in [1.54, 1.807) is 11.8 Å². The smallest absolute Gasteiger partial charge is 0.306 e. The maximum atomic E-state index is 11.2. The molecule has 0 aliphatic heterocycles. The van der Waals surface area contributed by atoms with Crippen LogP contribution in [0.4, 0.5) is 0 Å². The molecule has 0 fully saturated rings. The predicted molar refractivity (Wildman–Crippen MR) is 102 cm³/mol. The summed E-state index contributed by atoms with van der Waals surface area (Å²) in [5.41, 5.74) is 0. The average molecular weight is 392 g/mol. The van der Waals surface area contributed by atoms with Gasteiger partial charge in [-0.15, -0.1) is 5.10 Å². The Bertz CT molecular complexity index is 507. The zero-order valence-corrected chi connectivity index (χ0v) is 18.0. The van der Waals surface area contributed by atoms with Crippen molar-refractivity contribution in [1.29, 1.82) is 0 Å². The summed E-state index contributed by atoms with van der Waals surface area (Å²) >= 11 is 3.16. The number of hydrogen-bond acceptors (Lipinski definition) is 7. The molecule has 138 valence electrons. The molecule has 0 saturated heterocycles. The standard InChI is InChI=1S/C15H29N3O3S2Si/c1-6-9-23-15-16-14(22-10-7-13(19)20-2)17-18(15)12-21-8-11-24(3,4)5/h6-12H2,1-5H3. The van der Waals surface area contributed by atoms with Gasteiger partial charge in [-0.25, -0.2) is 4.68 Å². The van der Waals surface area contributed by atoms with Gasteiger partial charge in [0.25, 0.3) is 0 Å². The summed E-state index contributed by atoms with van der Waals surface area (Å²) in [4.78, 5) is 15.7. The molecule has 6 nitrogen and oxygen atoms in total. The van der Waals surface area contributed by atoms with Gasteiger partial charge in [-0.1, -0.05) is 50.1 Å². The van der Waals surface area contributed by atoms with Gasteiger partial charge in [0.1, 0.15) is 6.73 Å². The molecule has 0 bridgehead atoms. The van der Waals surface area contributed by atoms with Gasteiger partial charge >= 0.3 is 5.97 Å². The lowest BCUT2D eigenvalue weighted by molar-refractivity contribution is -0.140. The lowest BCUT2D eigenvalue weighted by atomic mass is 10.5. The molecule has 1 rings (SSSR count). The summed E-state index contributed by atoms with van der Waals surface area (Å²) in [5.74, 6) is 1.41. The van der Waals surface area contributed by atoms with Gasteiger partial charge in [0.15, 0.2) is 5.16 Å². The van der Waals surface area contributed by atoms with Crippen molar-refractivity contribution in [3.63, 3.8) is 0 Å². The number of aromatic nitrogens is 3. The van der Waals surface area contributed by atoms with E-state index in [4.69, 9.17) is 4.74 Å². The predicted octanol–water partition coefficient (Wildman–Crippen LogP) is 3.75. The van der Waals surface area contributed by atoms with E-state index in [-0.39, 0.29) is 5.97 Å². The van der Waals surface area contributed by atoms with E-state index in [1.165, 1.54) is 18.9 Å². The highest BCUT2D eigenvalue weighted by Gasteiger charge is 2.14. The van der Waals surface area contributed by atoms with E-state index in [9.17, 15) is 4.79 Å². The third-order valence-corrected chi connectivity index (χ3v) is 6.74. The van der Waals surface area contributed by atoms with Gasteiger partial charge in [0, 0.05) is 26.2 Å². The molecule has 0 atom stereocenters. The fourth-order valence-electron chi connectivity index (χ4n) is 1.61. The number of methoxy groups -OCH3 is 1. The van der Waals surface area contributed by atoms with E-state index >= 15 is 0 Å². The number of carbonyl (C=O) groups is 1. The second-order valence-electron chi connectivity index (χ2n) is 6.55. The summed E-state index contributed by atoms with van der Waals surface area (Å²) < 4.78 is 12.3. The number of rotatable bonds is 12. The molecule has 24 heavy (non-hydrogen) atoms. The van der Waals surface area contributed by atoms with E-state index in [2.05, 4.69) is 41.4 Å². The van der Waals surface area contributed by atoms with Gasteiger partial charge in [0.2, 0.25) is 5.16 Å². The molecule has 9 heteroatoms. The average Bonchev–Trinajstić information content (AvgIpc) is 2.90. The molecular weight excluding hydrogens is 362 g/mol. The molecule has 1 aromatic rings. The van der Waals surface area contributed by atoms with Crippen molar-refractivity contribution in [3.05, 3.63) is 0 Å². The van der Waals surface area contributed by atoms with Crippen LogP contribution in [0.3, 0.4) is 0 Å². The van der Waals surface area contributed by atoms with Crippen molar-refractivity contribution >= 4 is 37.6 Å². The first-order valence-electron chi connectivity index (χ1n) is 8.20. The Morgan fingerprint density at radius 3 is 2.62 bits per heavy atom. The van der Waals surface area contributed by atoms with E-state index in [1.807, 2.05) is 4.68 Å². The molecule has 0 spiro atoms. The largest absolute Gasteiger partial charge is 0.469 e. The minimum Gasteiger partial charge on any atom is -0.469 e. The van der Waals surface area contributed by atoms with E-state index in [0.29, 0.717) is 24.1 Å². The van der Waals surface area contributed by atoms with Gasteiger partial charge < -0.3 is 9.47 Å². The van der Waals surface area contributed by atoms with Crippen LogP contribution in [0.1, 0.15) is 19.8 Å². The quantitative estimate of drug-likeness (QED) is 0.233. The third kappa shape index (κ3) is 9.10. The number of carbonyl (C=O) groups excluding carboxylic acids is 1. The van der Waals surface area contributed by atoms with Crippen molar-refractivity contribution in [2.45, 2.75) is 62.5 Å². The third-order valence-electron chi connectivity index (χ3n) is 3.03. The van der Waals surface area contributed by atoms with Crippen LogP contribution in [-0.2, 0) is 21.0 Å². The highest BCUT2D eigenvalue weighted by Crippen LogP contribution is 2.22. The first kappa shape index (κ1) is 21.5. The number of ether oxygens (including phenoxy) is 2. The Hall–Kier alpha value is -0.513. The highest BCUT2D eigenvalue weighted by molar-refractivity contribution is 7.99. The number of nitrogens with zero attached hydrogens (tertiary/aromatic N) is 3. The number of hydrogen-bond donors (Lipinski definition) is 0. The van der Waals surface area contributed by atoms with Crippen LogP contribution in [0.15, 0.2) is 10.3 Å². The van der Waals surface area contributed by atoms with E-state index in [0.717, 1.165) is 30.0 Å². The second kappa shape index (κ2) is 11.2. The molecular formula is C15H29N3O3S2Si. The SMILES string of the molecule is CCCSc1nc(SCCC(=O)OC)nn1COCC[Si](C)(C)C. The van der Waals surface area contributed by atoms with Gasteiger partial charge in [-0.3, -0.25) is 4.79 Å². The van der Waals surface area contributed by atoms with Crippen molar-refractivity contribution in [2.24, 2.45) is 0 Å². The fourth-order valence-corrected chi connectivity index (χ4v) is 3.96. The monoisotopic (exact) mass is 391 g/mol. The maximum absolute atomic E-state index is 11.2. The zero-order valence-electron chi connectivity index (χ0n) is 15.3. The minimum absolute atomic E-state index is 0.211. The Kier molecular flexibility index (Phi) is 10.0. The van der Waals surface area contributed by atoms with Crippen LogP contribution < -0.4 is 0 Å². The lowest BCUT2D eigenvalue weighted by Gasteiger charge is -2.15. The molecule has 0 aliphatic carbocycles. The summed E-state index contributed by atoms with van der Waals surface area (Å²) in [6.45, 7) is 10.3. The molecule has 1 heterocycles. The van der Waals surface area contributed by atoms with Crippen LogP contribution >= 0.6 is 23.5 Å². The number of esters is 1. The summed E-state index contributed by atoms with van der Waals surface area (Å²) in [6, 6.07) is 1.14. The van der Waals surface area contributed by atoms with Crippen LogP contribution in [0.25, 0.3) is 0 Å². The topological polar surface area (TPSA) is 66.2 Å². The van der Waals surface area contributed by atoms with Crippen LogP contribution in [0.2, 0.25) is 25.7 Å². The van der Waals surface area contributed by atoms with E-state index < -0.39 is 8.07 Å². The normalized spacial score (nSPS) is 11.7. The van der Waals surface area contributed by atoms with Crippen LogP contribution in [0, 0.1) is 0 Å². The maximum Gasteiger partial charge on any atom is 0.306 e. The molecule has 1 aromatic heterocycles. The van der Waals surface area contributed by atoms with Crippen molar-refractivity contribution in [1.82, 2.24) is 14.8 Å². The Labute approximate surface area is 154 Å². The highest BCUT2D eigenvalue weighted by atomic mass is 32.2. The van der Waals surface area contributed by atoms with Gasteiger partial charge in [-0.05, 0) is 12.5 Å². The lowest BCUT2D eigenvalue weighted by Crippen LogP contribution is -2.22. The molecule has 0 aromatic carbocycles. The molecule has 0 unspecified atom stereocenters. The minimum atomic E-state index is -1.08. The van der Waals surface area contributed by atoms with Crippen molar-refractivity contribution < 1.29 is 14.3 Å². The Morgan fingerprint density at radius 1 is 1.25 bits per heavy atom. The van der Waals surface area contributed by atoms with Gasteiger partial charge in [-0.2, -0.15) is 4.98 Å². The van der Waals surface area contributed by atoms with Crippen LogP contribution in [0.5, 0.6) is 0 Å². The second-order valence-corrected chi connectivity index (χ2v) is 14.3. The van der Waals surface area contributed by atoms with Crippen LogP contribution in [-0.4, -0.2) is 54.0 Å². The molecule has 0 N–H and O–H groups in total. The molecule has 0 amide bonds. The molecule has 0 saturated carbocycles. The Morgan fingerprint density at radius 2 is 2.00 bits per heavy atom. The zero-order chi connectivity index (χ0) is 18.0. The fraction of sp³-hybridized carbons (Fsp3) is 0.800. The first-order valence-corrected chi connectivity index (χ1v) is 13.9. The van der Waals surface area contributed by atoms with Crippen molar-refractivity contribution in [3.8, 4) is 0 Å². The number of thioether (sulfide) groups is 2. The summed E-state index contributed by atoms with van der Waals surface area (Å²) in [5, 5.41) is 6.07. The van der Waals surface area contributed by atoms with Gasteiger partial charge in [0.05, 0.1) is 13.5 Å². The summed E-state index contributed by atoms with van der Waals surface area (Å²) in [7, 11) is 0.320. The Balaban J connectivity index is 2.55.